The first-order valence-corrected chi connectivity index (χ1v) is 7.76. The van der Waals surface area contributed by atoms with Crippen molar-refractivity contribution in [2.45, 2.75) is 13.1 Å². The lowest BCUT2D eigenvalue weighted by molar-refractivity contribution is 0.211. The summed E-state index contributed by atoms with van der Waals surface area (Å²) in [5.41, 5.74) is 2.40. The highest BCUT2D eigenvalue weighted by molar-refractivity contribution is 5.58. The van der Waals surface area contributed by atoms with Crippen LogP contribution in [0, 0.1) is 0 Å². The summed E-state index contributed by atoms with van der Waals surface area (Å²) in [7, 11) is 0. The molecule has 0 N–H and O–H groups in total. The third kappa shape index (κ3) is 2.80. The van der Waals surface area contributed by atoms with E-state index in [1.165, 1.54) is 11.4 Å². The van der Waals surface area contributed by atoms with E-state index in [9.17, 15) is 0 Å². The smallest absolute Gasteiger partial charge is 0.160 e. The monoisotopic (exact) mass is 294 g/mol. The lowest BCUT2D eigenvalue weighted by Crippen LogP contribution is -2.41. The number of para-hydroxylation sites is 2. The minimum Gasteiger partial charge on any atom is -0.495 e. The van der Waals surface area contributed by atoms with Crippen molar-refractivity contribution in [1.29, 1.82) is 0 Å². The molecule has 1 aliphatic heterocycles. The minimum atomic E-state index is 0.0322. The summed E-state index contributed by atoms with van der Waals surface area (Å²) in [4.78, 5) is 4.70. The highest BCUT2D eigenvalue weighted by atomic mass is 16.5. The van der Waals surface area contributed by atoms with Crippen molar-refractivity contribution in [3.8, 4) is 0 Å². The SMILES string of the molecule is C=C(OCC)C1N(c2ccccc2)CCN1c1ccccc1. The third-order valence-corrected chi connectivity index (χ3v) is 3.97. The van der Waals surface area contributed by atoms with Crippen LogP contribution < -0.4 is 9.80 Å². The number of rotatable bonds is 5. The maximum Gasteiger partial charge on any atom is 0.160 e. The van der Waals surface area contributed by atoms with Crippen molar-refractivity contribution in [1.82, 2.24) is 0 Å². The van der Waals surface area contributed by atoms with Gasteiger partial charge in [0, 0.05) is 24.5 Å². The molecule has 1 saturated heterocycles. The summed E-state index contributed by atoms with van der Waals surface area (Å²) < 4.78 is 5.75. The van der Waals surface area contributed by atoms with E-state index in [-0.39, 0.29) is 6.17 Å². The molecule has 2 aromatic rings. The van der Waals surface area contributed by atoms with Crippen molar-refractivity contribution in [3.63, 3.8) is 0 Å². The fourth-order valence-corrected chi connectivity index (χ4v) is 3.02. The van der Waals surface area contributed by atoms with Gasteiger partial charge in [0.2, 0.25) is 0 Å². The van der Waals surface area contributed by atoms with Crippen LogP contribution in [0.15, 0.2) is 73.0 Å². The van der Waals surface area contributed by atoms with Crippen molar-refractivity contribution in [2.24, 2.45) is 0 Å². The Balaban J connectivity index is 1.93. The Morgan fingerprint density at radius 2 is 1.41 bits per heavy atom. The van der Waals surface area contributed by atoms with E-state index < -0.39 is 0 Å². The van der Waals surface area contributed by atoms with Crippen LogP contribution in [0.5, 0.6) is 0 Å². The lowest BCUT2D eigenvalue weighted by Gasteiger charge is -2.33. The van der Waals surface area contributed by atoms with Crippen LogP contribution in [0.4, 0.5) is 11.4 Å². The van der Waals surface area contributed by atoms with Crippen LogP contribution in [0.3, 0.4) is 0 Å². The predicted molar refractivity (Wildman–Crippen MR) is 92.1 cm³/mol. The molecule has 0 aliphatic carbocycles. The van der Waals surface area contributed by atoms with Gasteiger partial charge in [0.05, 0.1) is 6.61 Å². The van der Waals surface area contributed by atoms with Crippen LogP contribution in [0.2, 0.25) is 0 Å². The predicted octanol–water partition coefficient (Wildman–Crippen LogP) is 3.89. The van der Waals surface area contributed by atoms with E-state index >= 15 is 0 Å². The summed E-state index contributed by atoms with van der Waals surface area (Å²) in [5, 5.41) is 0. The van der Waals surface area contributed by atoms with E-state index in [1.807, 2.05) is 19.1 Å². The summed E-state index contributed by atoms with van der Waals surface area (Å²) in [5.74, 6) is 0.799. The van der Waals surface area contributed by atoms with E-state index in [4.69, 9.17) is 4.74 Å². The molecule has 114 valence electrons. The second-order valence-electron chi connectivity index (χ2n) is 5.33. The molecule has 0 spiro atoms. The number of anilines is 2. The maximum absolute atomic E-state index is 5.75. The van der Waals surface area contributed by atoms with Gasteiger partial charge in [0.1, 0.15) is 5.76 Å². The average molecular weight is 294 g/mol. The Morgan fingerprint density at radius 3 is 1.82 bits per heavy atom. The van der Waals surface area contributed by atoms with Gasteiger partial charge in [-0.3, -0.25) is 0 Å². The van der Waals surface area contributed by atoms with Gasteiger partial charge in [0.15, 0.2) is 6.17 Å². The van der Waals surface area contributed by atoms with Crippen molar-refractivity contribution >= 4 is 11.4 Å². The molecule has 0 atom stereocenters. The summed E-state index contributed by atoms with van der Waals surface area (Å²) in [6.45, 7) is 8.72. The molecular weight excluding hydrogens is 272 g/mol. The fraction of sp³-hybridized carbons (Fsp3) is 0.263. The molecule has 0 bridgehead atoms. The van der Waals surface area contributed by atoms with Crippen LogP contribution in [0.25, 0.3) is 0 Å². The molecule has 2 aromatic carbocycles. The molecule has 22 heavy (non-hydrogen) atoms. The standard InChI is InChI=1S/C19H22N2O/c1-3-22-16(2)19-20(17-10-6-4-7-11-17)14-15-21(19)18-12-8-5-9-13-18/h4-13,19H,2-3,14-15H2,1H3. The molecule has 0 saturated carbocycles. The maximum atomic E-state index is 5.75. The number of benzene rings is 2. The first kappa shape index (κ1) is 14.5. The highest BCUT2D eigenvalue weighted by Gasteiger charge is 2.35. The molecule has 1 fully saturated rings. The van der Waals surface area contributed by atoms with Gasteiger partial charge in [-0.15, -0.1) is 0 Å². The zero-order valence-electron chi connectivity index (χ0n) is 13.0. The van der Waals surface area contributed by atoms with Gasteiger partial charge in [0.25, 0.3) is 0 Å². The van der Waals surface area contributed by atoms with Crippen molar-refractivity contribution in [3.05, 3.63) is 73.0 Å². The van der Waals surface area contributed by atoms with Gasteiger partial charge in [-0.1, -0.05) is 43.0 Å². The molecule has 0 radical (unpaired) electrons. The fourth-order valence-electron chi connectivity index (χ4n) is 3.02. The second kappa shape index (κ2) is 6.56. The van der Waals surface area contributed by atoms with Crippen molar-refractivity contribution in [2.75, 3.05) is 29.5 Å². The second-order valence-corrected chi connectivity index (χ2v) is 5.33. The topological polar surface area (TPSA) is 15.7 Å². The lowest BCUT2D eigenvalue weighted by atomic mass is 10.2. The van der Waals surface area contributed by atoms with Crippen molar-refractivity contribution < 1.29 is 4.74 Å². The van der Waals surface area contributed by atoms with Gasteiger partial charge in [-0.2, -0.15) is 0 Å². The van der Waals surface area contributed by atoms with Crippen LogP contribution in [-0.2, 0) is 4.74 Å². The number of nitrogens with zero attached hydrogens (tertiary/aromatic N) is 2. The molecule has 3 heteroatoms. The van der Waals surface area contributed by atoms with Gasteiger partial charge in [-0.25, -0.2) is 0 Å². The van der Waals surface area contributed by atoms with Crippen LogP contribution in [0.1, 0.15) is 6.92 Å². The van der Waals surface area contributed by atoms with Gasteiger partial charge >= 0.3 is 0 Å². The Hall–Kier alpha value is -2.42. The Bertz CT molecular complexity index is 564. The minimum absolute atomic E-state index is 0.0322. The van der Waals surface area contributed by atoms with Gasteiger partial charge < -0.3 is 14.5 Å². The zero-order valence-corrected chi connectivity index (χ0v) is 13.0. The quantitative estimate of drug-likeness (QED) is 0.778. The van der Waals surface area contributed by atoms with Crippen LogP contribution in [-0.4, -0.2) is 25.9 Å². The summed E-state index contributed by atoms with van der Waals surface area (Å²) >= 11 is 0. The molecular formula is C19H22N2O. The molecule has 0 unspecified atom stereocenters. The third-order valence-electron chi connectivity index (χ3n) is 3.97. The van der Waals surface area contributed by atoms with E-state index in [2.05, 4.69) is 64.9 Å². The van der Waals surface area contributed by atoms with Crippen LogP contribution >= 0.6 is 0 Å². The molecule has 3 rings (SSSR count). The Kier molecular flexibility index (Phi) is 4.33. The van der Waals surface area contributed by atoms with E-state index in [0.29, 0.717) is 6.61 Å². The van der Waals surface area contributed by atoms with E-state index in [1.54, 1.807) is 0 Å². The number of ether oxygens (including phenoxy) is 1. The summed E-state index contributed by atoms with van der Waals surface area (Å²) in [6.07, 6.45) is 0.0322. The number of hydrogen-bond donors (Lipinski definition) is 0. The average Bonchev–Trinajstić information content (AvgIpc) is 3.02. The normalized spacial score (nSPS) is 15.1. The van der Waals surface area contributed by atoms with Gasteiger partial charge in [-0.05, 0) is 31.2 Å². The molecule has 1 heterocycles. The summed E-state index contributed by atoms with van der Waals surface area (Å²) in [6, 6.07) is 20.9. The highest BCUT2D eigenvalue weighted by Crippen LogP contribution is 2.31. The largest absolute Gasteiger partial charge is 0.495 e. The molecule has 0 amide bonds. The Morgan fingerprint density at radius 1 is 0.955 bits per heavy atom. The molecule has 0 aromatic heterocycles. The number of hydrogen-bond acceptors (Lipinski definition) is 3. The first-order chi connectivity index (χ1) is 10.8. The molecule has 1 aliphatic rings. The Labute approximate surface area is 132 Å². The zero-order chi connectivity index (χ0) is 15.4. The van der Waals surface area contributed by atoms with E-state index in [0.717, 1.165) is 18.8 Å². The molecule has 3 nitrogen and oxygen atoms in total. The first-order valence-electron chi connectivity index (χ1n) is 7.76.